The van der Waals surface area contributed by atoms with Crippen LogP contribution >= 0.6 is 0 Å². The molecule has 0 aromatic heterocycles. The predicted molar refractivity (Wildman–Crippen MR) is 129 cm³/mol. The van der Waals surface area contributed by atoms with Gasteiger partial charge in [-0.1, -0.05) is 18.6 Å². The normalized spacial score (nSPS) is 17.9. The average Bonchev–Trinajstić information content (AvgIpc) is 2.82. The number of carbonyl (C=O) groups is 1. The molecule has 2 aliphatic rings. The van der Waals surface area contributed by atoms with E-state index in [0.717, 1.165) is 67.7 Å². The lowest BCUT2D eigenvalue weighted by Gasteiger charge is -2.33. The van der Waals surface area contributed by atoms with Gasteiger partial charge in [0.15, 0.2) is 0 Å². The number of rotatable bonds is 5. The molecule has 7 heteroatoms. The van der Waals surface area contributed by atoms with E-state index in [0.29, 0.717) is 18.7 Å². The summed E-state index contributed by atoms with van der Waals surface area (Å²) >= 11 is 0. The van der Waals surface area contributed by atoms with E-state index < -0.39 is 10.0 Å². The number of carbonyl (C=O) groups excluding carboxylic acids is 1. The molecular formula is C25H33N3O3S. The van der Waals surface area contributed by atoms with Crippen molar-refractivity contribution in [1.82, 2.24) is 4.31 Å². The number of benzene rings is 2. The molecule has 2 aromatic carbocycles. The Kier molecular flexibility index (Phi) is 6.86. The van der Waals surface area contributed by atoms with E-state index in [-0.39, 0.29) is 10.8 Å². The summed E-state index contributed by atoms with van der Waals surface area (Å²) in [4.78, 5) is 15.5. The van der Waals surface area contributed by atoms with Crippen LogP contribution in [0.2, 0.25) is 0 Å². The summed E-state index contributed by atoms with van der Waals surface area (Å²) in [5, 5.41) is 2.96. The molecule has 2 saturated heterocycles. The first-order valence-corrected chi connectivity index (χ1v) is 13.1. The lowest BCUT2D eigenvalue weighted by molar-refractivity contribution is 0.102. The van der Waals surface area contributed by atoms with Crippen molar-refractivity contribution in [1.29, 1.82) is 0 Å². The third-order valence-corrected chi connectivity index (χ3v) is 8.63. The largest absolute Gasteiger partial charge is 0.370 e. The lowest BCUT2D eigenvalue weighted by atomic mass is 10.1. The maximum absolute atomic E-state index is 13.7. The number of aryl methyl sites for hydroxylation is 1. The number of nitrogens with one attached hydrogen (secondary N) is 1. The molecule has 2 heterocycles. The fraction of sp³-hybridized carbons (Fsp3) is 0.480. The second-order valence-electron chi connectivity index (χ2n) is 8.90. The Balaban J connectivity index is 1.71. The van der Waals surface area contributed by atoms with E-state index in [2.05, 4.69) is 10.2 Å². The topological polar surface area (TPSA) is 69.7 Å². The number of sulfonamides is 1. The van der Waals surface area contributed by atoms with Crippen molar-refractivity contribution in [3.8, 4) is 0 Å². The highest BCUT2D eigenvalue weighted by Gasteiger charge is 2.31. The molecule has 0 radical (unpaired) electrons. The van der Waals surface area contributed by atoms with Gasteiger partial charge < -0.3 is 10.2 Å². The first-order chi connectivity index (χ1) is 15.4. The molecular weight excluding hydrogens is 422 g/mol. The van der Waals surface area contributed by atoms with E-state index in [4.69, 9.17) is 0 Å². The van der Waals surface area contributed by atoms with Gasteiger partial charge in [0, 0.05) is 37.4 Å². The fourth-order valence-electron chi connectivity index (χ4n) is 4.58. The minimum atomic E-state index is -3.67. The zero-order valence-electron chi connectivity index (χ0n) is 19.1. The smallest absolute Gasteiger partial charge is 0.255 e. The molecule has 0 aliphatic carbocycles. The molecule has 6 nitrogen and oxygen atoms in total. The van der Waals surface area contributed by atoms with Gasteiger partial charge in [-0.25, -0.2) is 8.42 Å². The van der Waals surface area contributed by atoms with Gasteiger partial charge >= 0.3 is 0 Å². The zero-order chi connectivity index (χ0) is 22.7. The second kappa shape index (κ2) is 9.63. The van der Waals surface area contributed by atoms with Crippen LogP contribution in [0.5, 0.6) is 0 Å². The third-order valence-electron chi connectivity index (χ3n) is 6.70. The van der Waals surface area contributed by atoms with Crippen LogP contribution in [-0.2, 0) is 10.0 Å². The third kappa shape index (κ3) is 4.69. The maximum Gasteiger partial charge on any atom is 0.255 e. The van der Waals surface area contributed by atoms with E-state index in [1.807, 2.05) is 38.1 Å². The minimum absolute atomic E-state index is 0.259. The quantitative estimate of drug-likeness (QED) is 0.708. The summed E-state index contributed by atoms with van der Waals surface area (Å²) < 4.78 is 28.9. The summed E-state index contributed by atoms with van der Waals surface area (Å²) in [5.74, 6) is -0.293. The first kappa shape index (κ1) is 22.8. The fourth-order valence-corrected chi connectivity index (χ4v) is 6.34. The van der Waals surface area contributed by atoms with Gasteiger partial charge in [-0.2, -0.15) is 4.31 Å². The summed E-state index contributed by atoms with van der Waals surface area (Å²) in [7, 11) is -3.67. The van der Waals surface area contributed by atoms with E-state index in [9.17, 15) is 13.2 Å². The highest BCUT2D eigenvalue weighted by Crippen LogP contribution is 2.32. The number of anilines is 2. The van der Waals surface area contributed by atoms with Gasteiger partial charge in [-0.3, -0.25) is 4.79 Å². The molecule has 0 bridgehead atoms. The number of hydrogen-bond acceptors (Lipinski definition) is 4. The zero-order valence-corrected chi connectivity index (χ0v) is 19.9. The molecule has 0 atom stereocenters. The van der Waals surface area contributed by atoms with Crippen LogP contribution in [0.15, 0.2) is 41.3 Å². The Morgan fingerprint density at radius 1 is 0.875 bits per heavy atom. The van der Waals surface area contributed by atoms with E-state index in [1.54, 1.807) is 16.4 Å². The van der Waals surface area contributed by atoms with Crippen molar-refractivity contribution in [2.45, 2.75) is 57.3 Å². The Hall–Kier alpha value is -2.38. The van der Waals surface area contributed by atoms with Crippen LogP contribution in [0.1, 0.15) is 60.0 Å². The van der Waals surface area contributed by atoms with Crippen LogP contribution in [0, 0.1) is 13.8 Å². The standard InChI is InChI=1S/C25H33N3O3S/c1-19-10-9-11-22(20(19)2)26-25(29)21-12-13-23(27-14-5-3-6-15-27)24(18-21)32(30,31)28-16-7-4-8-17-28/h9-13,18H,3-8,14-17H2,1-2H3,(H,26,29). The highest BCUT2D eigenvalue weighted by atomic mass is 32.2. The summed E-state index contributed by atoms with van der Waals surface area (Å²) in [6.07, 6.45) is 6.09. The summed E-state index contributed by atoms with van der Waals surface area (Å²) in [6, 6.07) is 10.9. The van der Waals surface area contributed by atoms with Crippen LogP contribution < -0.4 is 10.2 Å². The second-order valence-corrected chi connectivity index (χ2v) is 10.8. The SMILES string of the molecule is Cc1cccc(NC(=O)c2ccc(N3CCCCC3)c(S(=O)(=O)N3CCCCC3)c2)c1C. The molecule has 4 rings (SSSR count). The molecule has 2 fully saturated rings. The van der Waals surface area contributed by atoms with E-state index in [1.165, 1.54) is 6.42 Å². The molecule has 1 N–H and O–H groups in total. The average molecular weight is 456 g/mol. The molecule has 32 heavy (non-hydrogen) atoms. The van der Waals surface area contributed by atoms with Gasteiger partial charge in [0.2, 0.25) is 10.0 Å². The minimum Gasteiger partial charge on any atom is -0.370 e. The molecule has 2 aromatic rings. The monoisotopic (exact) mass is 455 g/mol. The number of hydrogen-bond donors (Lipinski definition) is 1. The van der Waals surface area contributed by atoms with Crippen LogP contribution in [0.3, 0.4) is 0 Å². The molecule has 1 amide bonds. The van der Waals surface area contributed by atoms with Crippen molar-refractivity contribution in [3.63, 3.8) is 0 Å². The van der Waals surface area contributed by atoms with Gasteiger partial charge in [0.05, 0.1) is 5.69 Å². The maximum atomic E-state index is 13.7. The van der Waals surface area contributed by atoms with Gasteiger partial charge in [0.1, 0.15) is 4.90 Å². The number of piperidine rings is 2. The predicted octanol–water partition coefficient (Wildman–Crippen LogP) is 4.72. The van der Waals surface area contributed by atoms with Crippen molar-refractivity contribution in [2.24, 2.45) is 0 Å². The first-order valence-electron chi connectivity index (χ1n) is 11.6. The molecule has 172 valence electrons. The van der Waals surface area contributed by atoms with Crippen LogP contribution in [-0.4, -0.2) is 44.8 Å². The van der Waals surface area contributed by atoms with Crippen molar-refractivity contribution < 1.29 is 13.2 Å². The van der Waals surface area contributed by atoms with Crippen molar-refractivity contribution in [3.05, 3.63) is 53.1 Å². The van der Waals surface area contributed by atoms with Gasteiger partial charge in [0.25, 0.3) is 5.91 Å². The van der Waals surface area contributed by atoms with Crippen LogP contribution in [0.4, 0.5) is 11.4 Å². The number of amides is 1. The van der Waals surface area contributed by atoms with Crippen molar-refractivity contribution in [2.75, 3.05) is 36.4 Å². The molecule has 2 aliphatic heterocycles. The molecule has 0 spiro atoms. The van der Waals surface area contributed by atoms with Crippen LogP contribution in [0.25, 0.3) is 0 Å². The molecule has 0 unspecified atom stereocenters. The Morgan fingerprint density at radius 3 is 2.22 bits per heavy atom. The Labute approximate surface area is 191 Å². The molecule has 0 saturated carbocycles. The van der Waals surface area contributed by atoms with Gasteiger partial charge in [-0.05, 0) is 81.3 Å². The summed E-state index contributed by atoms with van der Waals surface area (Å²) in [5.41, 5.74) is 3.93. The number of nitrogens with zero attached hydrogens (tertiary/aromatic N) is 2. The van der Waals surface area contributed by atoms with E-state index >= 15 is 0 Å². The van der Waals surface area contributed by atoms with Crippen molar-refractivity contribution >= 4 is 27.3 Å². The summed E-state index contributed by atoms with van der Waals surface area (Å²) in [6.45, 7) is 6.74. The highest BCUT2D eigenvalue weighted by molar-refractivity contribution is 7.89. The lowest BCUT2D eigenvalue weighted by Crippen LogP contribution is -2.37. The Bertz CT molecular complexity index is 1090. The van der Waals surface area contributed by atoms with Gasteiger partial charge in [-0.15, -0.1) is 0 Å². The Morgan fingerprint density at radius 2 is 1.53 bits per heavy atom.